The van der Waals surface area contributed by atoms with Gasteiger partial charge in [-0.25, -0.2) is 4.39 Å². The number of nitrogens with one attached hydrogen (secondary N) is 1. The molecule has 3 nitrogen and oxygen atoms in total. The topological polar surface area (TPSA) is 30.5 Å². The van der Waals surface area contributed by atoms with E-state index in [1.807, 2.05) is 13.1 Å². The van der Waals surface area contributed by atoms with Crippen LogP contribution in [0.5, 0.6) is 5.75 Å². The van der Waals surface area contributed by atoms with E-state index in [0.29, 0.717) is 12.4 Å². The van der Waals surface area contributed by atoms with Crippen LogP contribution in [0, 0.1) is 5.82 Å². The molecule has 0 radical (unpaired) electrons. The molecule has 3 rings (SSSR count). The van der Waals surface area contributed by atoms with Crippen LogP contribution < -0.4 is 10.1 Å². The molecule has 1 N–H and O–H groups in total. The van der Waals surface area contributed by atoms with E-state index in [2.05, 4.69) is 5.32 Å². The standard InChI is InChI=1S/C14H18FNO2/c1-16-12-8-14(5-2-6-17-9-14)18-13-7-10(15)3-4-11(12)13/h3-4,7,12,16H,2,5-6,8-9H2,1H3. The highest BCUT2D eigenvalue weighted by Crippen LogP contribution is 2.43. The SMILES string of the molecule is CNC1CC2(CCCOC2)Oc2cc(F)ccc21. The van der Waals surface area contributed by atoms with E-state index in [-0.39, 0.29) is 17.5 Å². The zero-order valence-electron chi connectivity index (χ0n) is 10.5. The van der Waals surface area contributed by atoms with E-state index in [1.54, 1.807) is 0 Å². The molecule has 2 aliphatic rings. The van der Waals surface area contributed by atoms with E-state index in [1.165, 1.54) is 12.1 Å². The summed E-state index contributed by atoms with van der Waals surface area (Å²) in [4.78, 5) is 0. The monoisotopic (exact) mass is 251 g/mol. The van der Waals surface area contributed by atoms with Gasteiger partial charge in [0.25, 0.3) is 0 Å². The smallest absolute Gasteiger partial charge is 0.134 e. The van der Waals surface area contributed by atoms with Crippen LogP contribution in [0.25, 0.3) is 0 Å². The quantitative estimate of drug-likeness (QED) is 0.831. The number of halogens is 1. The maximum absolute atomic E-state index is 13.3. The molecule has 1 fully saturated rings. The number of hydrogen-bond acceptors (Lipinski definition) is 3. The van der Waals surface area contributed by atoms with Crippen LogP contribution in [0.1, 0.15) is 30.9 Å². The first-order valence-electron chi connectivity index (χ1n) is 6.46. The van der Waals surface area contributed by atoms with Gasteiger partial charge in [-0.2, -0.15) is 0 Å². The van der Waals surface area contributed by atoms with Gasteiger partial charge in [0.1, 0.15) is 17.2 Å². The van der Waals surface area contributed by atoms with Crippen LogP contribution in [0.2, 0.25) is 0 Å². The number of rotatable bonds is 1. The highest BCUT2D eigenvalue weighted by molar-refractivity contribution is 5.39. The first kappa shape index (κ1) is 11.9. The van der Waals surface area contributed by atoms with Crippen LogP contribution in [0.15, 0.2) is 18.2 Å². The molecule has 1 aromatic carbocycles. The zero-order valence-corrected chi connectivity index (χ0v) is 10.5. The van der Waals surface area contributed by atoms with E-state index < -0.39 is 0 Å². The van der Waals surface area contributed by atoms with Crippen LogP contribution in [-0.4, -0.2) is 25.9 Å². The maximum Gasteiger partial charge on any atom is 0.134 e. The van der Waals surface area contributed by atoms with Gasteiger partial charge in [0.05, 0.1) is 6.61 Å². The van der Waals surface area contributed by atoms with E-state index in [9.17, 15) is 4.39 Å². The highest BCUT2D eigenvalue weighted by Gasteiger charge is 2.42. The lowest BCUT2D eigenvalue weighted by atomic mass is 9.83. The van der Waals surface area contributed by atoms with Crippen molar-refractivity contribution in [3.63, 3.8) is 0 Å². The molecule has 2 heterocycles. The second-order valence-electron chi connectivity index (χ2n) is 5.17. The third kappa shape index (κ3) is 1.99. The van der Waals surface area contributed by atoms with Gasteiger partial charge in [0.15, 0.2) is 0 Å². The Balaban J connectivity index is 1.97. The average Bonchev–Trinajstić information content (AvgIpc) is 2.38. The largest absolute Gasteiger partial charge is 0.484 e. The summed E-state index contributed by atoms with van der Waals surface area (Å²) >= 11 is 0. The first-order valence-corrected chi connectivity index (χ1v) is 6.46. The summed E-state index contributed by atoms with van der Waals surface area (Å²) in [6.45, 7) is 1.40. The third-order valence-corrected chi connectivity index (χ3v) is 3.89. The van der Waals surface area contributed by atoms with Crippen molar-refractivity contribution in [2.75, 3.05) is 20.3 Å². The predicted molar refractivity (Wildman–Crippen MR) is 66.2 cm³/mol. The van der Waals surface area contributed by atoms with Gasteiger partial charge in [-0.1, -0.05) is 6.07 Å². The zero-order chi connectivity index (χ0) is 12.6. The number of benzene rings is 1. The molecule has 0 amide bonds. The molecule has 2 atom stereocenters. The molecule has 0 aliphatic carbocycles. The fraction of sp³-hybridized carbons (Fsp3) is 0.571. The number of hydrogen-bond donors (Lipinski definition) is 1. The van der Waals surface area contributed by atoms with Crippen LogP contribution >= 0.6 is 0 Å². The summed E-state index contributed by atoms with van der Waals surface area (Å²) in [7, 11) is 1.93. The third-order valence-electron chi connectivity index (χ3n) is 3.89. The van der Waals surface area contributed by atoms with Crippen molar-refractivity contribution in [2.45, 2.75) is 30.9 Å². The molecule has 2 unspecified atom stereocenters. The summed E-state index contributed by atoms with van der Waals surface area (Å²) in [5, 5.41) is 3.29. The minimum atomic E-state index is -0.285. The maximum atomic E-state index is 13.3. The molecule has 0 saturated carbocycles. The van der Waals surface area contributed by atoms with Crippen molar-refractivity contribution < 1.29 is 13.9 Å². The van der Waals surface area contributed by atoms with E-state index in [4.69, 9.17) is 9.47 Å². The molecule has 2 aliphatic heterocycles. The molecule has 1 spiro atoms. The minimum Gasteiger partial charge on any atom is -0.484 e. The second-order valence-corrected chi connectivity index (χ2v) is 5.17. The normalized spacial score (nSPS) is 30.9. The van der Waals surface area contributed by atoms with Gasteiger partial charge in [-0.15, -0.1) is 0 Å². The van der Waals surface area contributed by atoms with Gasteiger partial charge < -0.3 is 14.8 Å². The Morgan fingerprint density at radius 2 is 2.33 bits per heavy atom. The lowest BCUT2D eigenvalue weighted by Gasteiger charge is -2.44. The van der Waals surface area contributed by atoms with Crippen LogP contribution in [0.4, 0.5) is 4.39 Å². The average molecular weight is 251 g/mol. The summed E-state index contributed by atoms with van der Waals surface area (Å²) in [6.07, 6.45) is 2.85. The molecule has 1 saturated heterocycles. The Kier molecular flexibility index (Phi) is 2.99. The Morgan fingerprint density at radius 3 is 3.06 bits per heavy atom. The Morgan fingerprint density at radius 1 is 1.44 bits per heavy atom. The number of ether oxygens (including phenoxy) is 2. The van der Waals surface area contributed by atoms with E-state index in [0.717, 1.165) is 31.4 Å². The van der Waals surface area contributed by atoms with Crippen molar-refractivity contribution in [2.24, 2.45) is 0 Å². The predicted octanol–water partition coefficient (Wildman–Crippen LogP) is 2.42. The molecule has 0 aromatic heterocycles. The summed E-state index contributed by atoms with van der Waals surface area (Å²) in [5.41, 5.74) is 0.752. The Labute approximate surface area is 106 Å². The van der Waals surface area contributed by atoms with Gasteiger partial charge in [-0.05, 0) is 26.0 Å². The Hall–Kier alpha value is -1.13. The molecule has 1 aromatic rings. The molecular weight excluding hydrogens is 233 g/mol. The van der Waals surface area contributed by atoms with Crippen molar-refractivity contribution in [3.8, 4) is 5.75 Å². The molecule has 18 heavy (non-hydrogen) atoms. The van der Waals surface area contributed by atoms with Gasteiger partial charge in [0.2, 0.25) is 0 Å². The number of fused-ring (bicyclic) bond motifs is 1. The molecule has 0 bridgehead atoms. The second kappa shape index (κ2) is 4.52. The van der Waals surface area contributed by atoms with Gasteiger partial charge >= 0.3 is 0 Å². The van der Waals surface area contributed by atoms with Gasteiger partial charge in [-0.3, -0.25) is 0 Å². The fourth-order valence-electron chi connectivity index (χ4n) is 2.97. The van der Waals surface area contributed by atoms with Crippen LogP contribution in [-0.2, 0) is 4.74 Å². The molecule has 4 heteroatoms. The lowest BCUT2D eigenvalue weighted by Crippen LogP contribution is -2.49. The van der Waals surface area contributed by atoms with Crippen molar-refractivity contribution in [1.29, 1.82) is 0 Å². The molecule has 98 valence electrons. The summed E-state index contributed by atoms with van der Waals surface area (Å²) in [5.74, 6) is 0.406. The highest BCUT2D eigenvalue weighted by atomic mass is 19.1. The van der Waals surface area contributed by atoms with Crippen molar-refractivity contribution in [3.05, 3.63) is 29.6 Å². The minimum absolute atomic E-state index is 0.205. The first-order chi connectivity index (χ1) is 8.72. The lowest BCUT2D eigenvalue weighted by molar-refractivity contribution is -0.0853. The van der Waals surface area contributed by atoms with E-state index >= 15 is 0 Å². The Bertz CT molecular complexity index is 443. The van der Waals surface area contributed by atoms with Crippen molar-refractivity contribution >= 4 is 0 Å². The fourth-order valence-corrected chi connectivity index (χ4v) is 2.97. The summed E-state index contributed by atoms with van der Waals surface area (Å²) in [6, 6.07) is 4.98. The van der Waals surface area contributed by atoms with Gasteiger partial charge in [0, 0.05) is 30.7 Å². The molecular formula is C14H18FNO2. The van der Waals surface area contributed by atoms with Crippen LogP contribution in [0.3, 0.4) is 0 Å². The summed E-state index contributed by atoms with van der Waals surface area (Å²) < 4.78 is 25.0. The van der Waals surface area contributed by atoms with Crippen molar-refractivity contribution in [1.82, 2.24) is 5.32 Å².